The third kappa shape index (κ3) is 3.32. The van der Waals surface area contributed by atoms with Crippen LogP contribution in [-0.4, -0.2) is 29.8 Å². The van der Waals surface area contributed by atoms with Crippen LogP contribution in [0.25, 0.3) is 0 Å². The first-order valence-electron chi connectivity index (χ1n) is 4.69. The van der Waals surface area contributed by atoms with Crippen molar-refractivity contribution in [1.82, 2.24) is 10.4 Å². The highest BCUT2D eigenvalue weighted by Crippen LogP contribution is 2.15. The standard InChI is InChI=1S/C9H18N2O2/c1-9(2,3)13-11(7-12)8-5-4-6-10-8/h7-8,10H,4-6H2,1-3H3. The van der Waals surface area contributed by atoms with E-state index in [2.05, 4.69) is 5.32 Å². The van der Waals surface area contributed by atoms with Gasteiger partial charge in [0.05, 0.1) is 5.60 Å². The Balaban J connectivity index is 2.46. The molecule has 1 unspecified atom stereocenters. The van der Waals surface area contributed by atoms with Crippen LogP contribution in [0.4, 0.5) is 0 Å². The molecular weight excluding hydrogens is 168 g/mol. The highest BCUT2D eigenvalue weighted by atomic mass is 16.7. The Morgan fingerprint density at radius 2 is 2.23 bits per heavy atom. The van der Waals surface area contributed by atoms with Gasteiger partial charge in [-0.15, -0.1) is 0 Å². The predicted molar refractivity (Wildman–Crippen MR) is 49.8 cm³/mol. The zero-order chi connectivity index (χ0) is 9.90. The van der Waals surface area contributed by atoms with Crippen molar-refractivity contribution in [3.8, 4) is 0 Å². The van der Waals surface area contributed by atoms with Gasteiger partial charge in [0.1, 0.15) is 6.17 Å². The van der Waals surface area contributed by atoms with Gasteiger partial charge in [0.2, 0.25) is 6.41 Å². The lowest BCUT2D eigenvalue weighted by molar-refractivity contribution is -0.234. The summed E-state index contributed by atoms with van der Waals surface area (Å²) in [5, 5.41) is 4.58. The van der Waals surface area contributed by atoms with E-state index >= 15 is 0 Å². The molecule has 1 rings (SSSR count). The Labute approximate surface area is 79.2 Å². The van der Waals surface area contributed by atoms with Crippen molar-refractivity contribution in [2.45, 2.75) is 45.4 Å². The molecule has 1 amide bonds. The molecule has 0 bridgehead atoms. The second-order valence-corrected chi connectivity index (χ2v) is 4.28. The first kappa shape index (κ1) is 10.5. The van der Waals surface area contributed by atoms with E-state index in [9.17, 15) is 4.79 Å². The third-order valence-corrected chi connectivity index (χ3v) is 1.82. The van der Waals surface area contributed by atoms with Gasteiger partial charge >= 0.3 is 0 Å². The van der Waals surface area contributed by atoms with E-state index in [1.807, 2.05) is 20.8 Å². The first-order valence-corrected chi connectivity index (χ1v) is 4.69. The average Bonchev–Trinajstić information content (AvgIpc) is 2.50. The fourth-order valence-electron chi connectivity index (χ4n) is 1.36. The molecular formula is C9H18N2O2. The summed E-state index contributed by atoms with van der Waals surface area (Å²) in [6, 6.07) is 0. The molecule has 4 nitrogen and oxygen atoms in total. The zero-order valence-corrected chi connectivity index (χ0v) is 8.54. The summed E-state index contributed by atoms with van der Waals surface area (Å²) in [5.74, 6) is 0. The van der Waals surface area contributed by atoms with Crippen LogP contribution in [0.2, 0.25) is 0 Å². The van der Waals surface area contributed by atoms with E-state index in [-0.39, 0.29) is 11.8 Å². The van der Waals surface area contributed by atoms with Crippen LogP contribution in [0.5, 0.6) is 0 Å². The Morgan fingerprint density at radius 3 is 2.62 bits per heavy atom. The molecule has 0 radical (unpaired) electrons. The number of hydroxylamine groups is 2. The van der Waals surface area contributed by atoms with Gasteiger partial charge < -0.3 is 0 Å². The fourth-order valence-corrected chi connectivity index (χ4v) is 1.36. The molecule has 0 aromatic rings. The molecule has 0 spiro atoms. The van der Waals surface area contributed by atoms with E-state index in [0.717, 1.165) is 25.8 Å². The van der Waals surface area contributed by atoms with Gasteiger partial charge in [-0.2, -0.15) is 0 Å². The summed E-state index contributed by atoms with van der Waals surface area (Å²) in [5.41, 5.74) is -0.314. The summed E-state index contributed by atoms with van der Waals surface area (Å²) in [6.45, 7) is 6.75. The Bertz CT molecular complexity index is 171. The summed E-state index contributed by atoms with van der Waals surface area (Å²) < 4.78 is 0. The molecule has 76 valence electrons. The van der Waals surface area contributed by atoms with Crippen LogP contribution in [-0.2, 0) is 9.63 Å². The van der Waals surface area contributed by atoms with E-state index < -0.39 is 0 Å². The monoisotopic (exact) mass is 186 g/mol. The van der Waals surface area contributed by atoms with Crippen LogP contribution < -0.4 is 5.32 Å². The lowest BCUT2D eigenvalue weighted by Crippen LogP contribution is -2.44. The van der Waals surface area contributed by atoms with Crippen LogP contribution in [0, 0.1) is 0 Å². The summed E-state index contributed by atoms with van der Waals surface area (Å²) in [4.78, 5) is 16.2. The van der Waals surface area contributed by atoms with Crippen LogP contribution in [0.1, 0.15) is 33.6 Å². The molecule has 0 saturated carbocycles. The number of carbonyl (C=O) groups is 1. The molecule has 0 aromatic heterocycles. The summed E-state index contributed by atoms with van der Waals surface area (Å²) >= 11 is 0. The molecule has 1 heterocycles. The van der Waals surface area contributed by atoms with Gasteiger partial charge in [0.25, 0.3) is 0 Å². The molecule has 1 N–H and O–H groups in total. The topological polar surface area (TPSA) is 41.6 Å². The lowest BCUT2D eigenvalue weighted by atomic mass is 10.2. The van der Waals surface area contributed by atoms with Crippen LogP contribution >= 0.6 is 0 Å². The lowest BCUT2D eigenvalue weighted by Gasteiger charge is -2.30. The Morgan fingerprint density at radius 1 is 1.54 bits per heavy atom. The van der Waals surface area contributed by atoms with Gasteiger partial charge in [0, 0.05) is 0 Å². The molecule has 1 atom stereocenters. The quantitative estimate of drug-likeness (QED) is 0.525. The van der Waals surface area contributed by atoms with E-state index in [0.29, 0.717) is 0 Å². The molecule has 0 aromatic carbocycles. The van der Waals surface area contributed by atoms with Crippen molar-refractivity contribution in [2.75, 3.05) is 6.54 Å². The van der Waals surface area contributed by atoms with Crippen molar-refractivity contribution in [2.24, 2.45) is 0 Å². The smallest absolute Gasteiger partial charge is 0.234 e. The third-order valence-electron chi connectivity index (χ3n) is 1.82. The molecule has 1 saturated heterocycles. The summed E-state index contributed by atoms with van der Waals surface area (Å²) in [7, 11) is 0. The van der Waals surface area contributed by atoms with Gasteiger partial charge in [-0.05, 0) is 40.2 Å². The predicted octanol–water partition coefficient (Wildman–Crippen LogP) is 0.884. The number of nitrogens with one attached hydrogen (secondary N) is 1. The second-order valence-electron chi connectivity index (χ2n) is 4.28. The van der Waals surface area contributed by atoms with Crippen molar-refractivity contribution in [3.05, 3.63) is 0 Å². The van der Waals surface area contributed by atoms with Gasteiger partial charge in [0.15, 0.2) is 0 Å². The Kier molecular flexibility index (Phi) is 3.27. The normalized spacial score (nSPS) is 23.2. The number of hydrogen-bond acceptors (Lipinski definition) is 3. The minimum atomic E-state index is -0.314. The maximum atomic E-state index is 10.7. The average molecular weight is 186 g/mol. The SMILES string of the molecule is CC(C)(C)ON(C=O)C1CCCN1. The molecule has 4 heteroatoms. The zero-order valence-electron chi connectivity index (χ0n) is 8.54. The number of rotatable bonds is 3. The van der Waals surface area contributed by atoms with E-state index in [1.165, 1.54) is 5.06 Å². The minimum absolute atomic E-state index is 0.0525. The van der Waals surface area contributed by atoms with Gasteiger partial charge in [-0.25, -0.2) is 5.06 Å². The van der Waals surface area contributed by atoms with Crippen molar-refractivity contribution in [3.63, 3.8) is 0 Å². The number of amides is 1. The molecule has 1 fully saturated rings. The number of carbonyl (C=O) groups excluding carboxylic acids is 1. The molecule has 1 aliphatic rings. The number of nitrogens with zero attached hydrogens (tertiary/aromatic N) is 1. The van der Waals surface area contributed by atoms with Crippen molar-refractivity contribution in [1.29, 1.82) is 0 Å². The van der Waals surface area contributed by atoms with E-state index in [4.69, 9.17) is 4.84 Å². The summed E-state index contributed by atoms with van der Waals surface area (Å²) in [6.07, 6.45) is 2.86. The van der Waals surface area contributed by atoms with Gasteiger partial charge in [-0.1, -0.05) is 0 Å². The minimum Gasteiger partial charge on any atom is -0.295 e. The number of hydrogen-bond donors (Lipinski definition) is 1. The van der Waals surface area contributed by atoms with Crippen molar-refractivity contribution < 1.29 is 9.63 Å². The fraction of sp³-hybridized carbons (Fsp3) is 0.889. The van der Waals surface area contributed by atoms with E-state index in [1.54, 1.807) is 0 Å². The Hall–Kier alpha value is -0.610. The van der Waals surface area contributed by atoms with Crippen LogP contribution in [0.15, 0.2) is 0 Å². The van der Waals surface area contributed by atoms with Gasteiger partial charge in [-0.3, -0.25) is 14.9 Å². The first-order chi connectivity index (χ1) is 6.03. The maximum Gasteiger partial charge on any atom is 0.234 e. The molecule has 13 heavy (non-hydrogen) atoms. The molecule has 1 aliphatic heterocycles. The van der Waals surface area contributed by atoms with Crippen molar-refractivity contribution >= 4 is 6.41 Å². The highest BCUT2D eigenvalue weighted by Gasteiger charge is 2.25. The second kappa shape index (κ2) is 4.07. The largest absolute Gasteiger partial charge is 0.295 e. The molecule has 0 aliphatic carbocycles. The van der Waals surface area contributed by atoms with Crippen LogP contribution in [0.3, 0.4) is 0 Å². The maximum absolute atomic E-state index is 10.7. The highest BCUT2D eigenvalue weighted by molar-refractivity contribution is 5.45.